The predicted molar refractivity (Wildman–Crippen MR) is 92.8 cm³/mol. The van der Waals surface area contributed by atoms with Crippen molar-refractivity contribution in [2.75, 3.05) is 26.9 Å². The number of carbonyl (C=O) groups excluding carboxylic acids is 1. The van der Waals surface area contributed by atoms with Crippen LogP contribution in [-0.4, -0.2) is 54.8 Å². The van der Waals surface area contributed by atoms with Gasteiger partial charge in [-0.2, -0.15) is 0 Å². The van der Waals surface area contributed by atoms with Gasteiger partial charge < -0.3 is 19.5 Å². The van der Waals surface area contributed by atoms with Crippen molar-refractivity contribution in [1.29, 1.82) is 0 Å². The molecule has 1 amide bonds. The molecule has 1 unspecified atom stereocenters. The van der Waals surface area contributed by atoms with Gasteiger partial charge in [-0.15, -0.1) is 0 Å². The molecule has 132 valence electrons. The van der Waals surface area contributed by atoms with Crippen LogP contribution < -0.4 is 4.74 Å². The van der Waals surface area contributed by atoms with Gasteiger partial charge in [0.25, 0.3) is 0 Å². The zero-order chi connectivity index (χ0) is 17.8. The van der Waals surface area contributed by atoms with E-state index in [0.29, 0.717) is 13.2 Å². The molecule has 1 atom stereocenters. The summed E-state index contributed by atoms with van der Waals surface area (Å²) in [7, 11) is 1.61. The number of nitrogens with zero attached hydrogens (tertiary/aromatic N) is 1. The molecule has 0 aromatic heterocycles. The lowest BCUT2D eigenvalue weighted by molar-refractivity contribution is -0.145. The highest BCUT2D eigenvalue weighted by Gasteiger charge is 2.29. The molecule has 1 aliphatic rings. The van der Waals surface area contributed by atoms with Crippen molar-refractivity contribution in [3.63, 3.8) is 0 Å². The average Bonchev–Trinajstić information content (AvgIpc) is 2.61. The first kappa shape index (κ1) is 17.2. The zero-order valence-corrected chi connectivity index (χ0v) is 14.1. The number of fused-ring (bicyclic) bond motifs is 1. The Kier molecular flexibility index (Phi) is 5.19. The van der Waals surface area contributed by atoms with E-state index in [1.54, 1.807) is 12.0 Å². The number of carboxylic acids is 1. The van der Waals surface area contributed by atoms with Crippen LogP contribution in [0.25, 0.3) is 10.8 Å². The van der Waals surface area contributed by atoms with E-state index in [0.717, 1.165) is 22.1 Å². The molecule has 1 saturated heterocycles. The smallest absolute Gasteiger partial charge is 0.305 e. The summed E-state index contributed by atoms with van der Waals surface area (Å²) < 4.78 is 10.6. The third-order valence-corrected chi connectivity index (χ3v) is 4.48. The van der Waals surface area contributed by atoms with Crippen molar-refractivity contribution in [3.05, 3.63) is 42.0 Å². The van der Waals surface area contributed by atoms with E-state index in [1.165, 1.54) is 0 Å². The topological polar surface area (TPSA) is 76.1 Å². The monoisotopic (exact) mass is 343 g/mol. The fourth-order valence-corrected chi connectivity index (χ4v) is 3.22. The van der Waals surface area contributed by atoms with E-state index in [4.69, 9.17) is 14.6 Å². The number of hydrogen-bond acceptors (Lipinski definition) is 4. The Morgan fingerprint density at radius 1 is 1.32 bits per heavy atom. The van der Waals surface area contributed by atoms with Gasteiger partial charge in [-0.05, 0) is 28.5 Å². The Morgan fingerprint density at radius 3 is 2.92 bits per heavy atom. The van der Waals surface area contributed by atoms with Crippen LogP contribution in [0.3, 0.4) is 0 Å². The van der Waals surface area contributed by atoms with E-state index in [-0.39, 0.29) is 25.4 Å². The van der Waals surface area contributed by atoms with Crippen molar-refractivity contribution in [2.24, 2.45) is 0 Å². The predicted octanol–water partition coefficient (Wildman–Crippen LogP) is 2.09. The lowest BCUT2D eigenvalue weighted by atomic mass is 10.0. The van der Waals surface area contributed by atoms with E-state index in [1.807, 2.05) is 36.4 Å². The van der Waals surface area contributed by atoms with Crippen molar-refractivity contribution in [3.8, 4) is 5.75 Å². The van der Waals surface area contributed by atoms with Gasteiger partial charge in [0.05, 0.1) is 39.2 Å². The van der Waals surface area contributed by atoms with Crippen molar-refractivity contribution >= 4 is 22.6 Å². The molecule has 6 nitrogen and oxygen atoms in total. The maximum atomic E-state index is 12.8. The molecule has 0 radical (unpaired) electrons. The van der Waals surface area contributed by atoms with Crippen LogP contribution in [0.4, 0.5) is 0 Å². The summed E-state index contributed by atoms with van der Waals surface area (Å²) in [6.45, 7) is 1.12. The summed E-state index contributed by atoms with van der Waals surface area (Å²) in [6.07, 6.45) is 0.121. The normalized spacial score (nSPS) is 17.5. The fourth-order valence-electron chi connectivity index (χ4n) is 3.22. The first-order chi connectivity index (χ1) is 12.1. The number of benzene rings is 2. The maximum Gasteiger partial charge on any atom is 0.305 e. The largest absolute Gasteiger partial charge is 0.497 e. The van der Waals surface area contributed by atoms with Gasteiger partial charge in [0.2, 0.25) is 5.91 Å². The second-order valence-corrected chi connectivity index (χ2v) is 6.09. The molecule has 1 fully saturated rings. The molecule has 0 saturated carbocycles. The Hall–Kier alpha value is -2.60. The number of hydrogen-bond donors (Lipinski definition) is 1. The molecule has 2 aromatic rings. The van der Waals surface area contributed by atoms with E-state index in [9.17, 15) is 9.59 Å². The zero-order valence-electron chi connectivity index (χ0n) is 14.1. The van der Waals surface area contributed by atoms with Gasteiger partial charge in [0.15, 0.2) is 0 Å². The number of carboxylic acid groups (broad SMARTS) is 1. The summed E-state index contributed by atoms with van der Waals surface area (Å²) in [6, 6.07) is 11.2. The summed E-state index contributed by atoms with van der Waals surface area (Å²) in [5.74, 6) is -0.268. The van der Waals surface area contributed by atoms with Gasteiger partial charge in [-0.1, -0.05) is 24.3 Å². The van der Waals surface area contributed by atoms with Crippen LogP contribution in [0.5, 0.6) is 5.75 Å². The number of amides is 1. The van der Waals surface area contributed by atoms with Gasteiger partial charge in [0, 0.05) is 6.54 Å². The maximum absolute atomic E-state index is 12.8. The molecule has 6 heteroatoms. The van der Waals surface area contributed by atoms with Gasteiger partial charge in [0.1, 0.15) is 5.75 Å². The lowest BCUT2D eigenvalue weighted by Gasteiger charge is -2.35. The van der Waals surface area contributed by atoms with Crippen LogP contribution in [0.1, 0.15) is 12.0 Å². The first-order valence-corrected chi connectivity index (χ1v) is 8.23. The van der Waals surface area contributed by atoms with Crippen LogP contribution in [0.2, 0.25) is 0 Å². The molecule has 1 aliphatic heterocycles. The molecule has 2 aromatic carbocycles. The second-order valence-electron chi connectivity index (χ2n) is 6.09. The number of carbonyl (C=O) groups is 2. The Labute approximate surface area is 145 Å². The summed E-state index contributed by atoms with van der Waals surface area (Å²) >= 11 is 0. The summed E-state index contributed by atoms with van der Waals surface area (Å²) in [4.78, 5) is 25.5. The minimum atomic E-state index is -0.928. The molecule has 3 rings (SSSR count). The quantitative estimate of drug-likeness (QED) is 0.900. The number of ether oxygens (including phenoxy) is 2. The molecule has 1 N–H and O–H groups in total. The van der Waals surface area contributed by atoms with Gasteiger partial charge in [-0.3, -0.25) is 9.59 Å². The lowest BCUT2D eigenvalue weighted by Crippen LogP contribution is -2.50. The number of morpholine rings is 1. The summed E-state index contributed by atoms with van der Waals surface area (Å²) in [5, 5.41) is 11.1. The molecule has 0 spiro atoms. The molecular formula is C19H21NO5. The first-order valence-electron chi connectivity index (χ1n) is 8.23. The van der Waals surface area contributed by atoms with Gasteiger partial charge >= 0.3 is 5.97 Å². The minimum Gasteiger partial charge on any atom is -0.497 e. The van der Waals surface area contributed by atoms with Crippen LogP contribution in [0, 0.1) is 0 Å². The molecular weight excluding hydrogens is 322 g/mol. The Balaban J connectivity index is 1.84. The standard InChI is InChI=1S/C19H21NO5/c1-24-16-6-5-13-3-2-4-14(17(13)11-16)9-18(21)20-7-8-25-12-15(20)10-19(22)23/h2-6,11,15H,7-10,12H2,1H3,(H,22,23). The van der Waals surface area contributed by atoms with Crippen molar-refractivity contribution in [2.45, 2.75) is 18.9 Å². The SMILES string of the molecule is COc1ccc2cccc(CC(=O)N3CCOCC3CC(=O)O)c2c1. The molecule has 0 aliphatic carbocycles. The fraction of sp³-hybridized carbons (Fsp3) is 0.368. The van der Waals surface area contributed by atoms with Crippen LogP contribution in [-0.2, 0) is 20.7 Å². The highest BCUT2D eigenvalue weighted by atomic mass is 16.5. The number of rotatable bonds is 5. The number of methoxy groups -OCH3 is 1. The van der Waals surface area contributed by atoms with E-state index < -0.39 is 12.0 Å². The molecule has 25 heavy (non-hydrogen) atoms. The van der Waals surface area contributed by atoms with E-state index in [2.05, 4.69) is 0 Å². The Morgan fingerprint density at radius 2 is 2.16 bits per heavy atom. The molecule has 0 bridgehead atoms. The third-order valence-electron chi connectivity index (χ3n) is 4.48. The Bertz CT molecular complexity index is 788. The van der Waals surface area contributed by atoms with E-state index >= 15 is 0 Å². The second kappa shape index (κ2) is 7.53. The van der Waals surface area contributed by atoms with Gasteiger partial charge in [-0.25, -0.2) is 0 Å². The van der Waals surface area contributed by atoms with Crippen molar-refractivity contribution in [1.82, 2.24) is 4.90 Å². The highest BCUT2D eigenvalue weighted by Crippen LogP contribution is 2.25. The number of aliphatic carboxylic acids is 1. The average molecular weight is 343 g/mol. The van der Waals surface area contributed by atoms with Crippen LogP contribution >= 0.6 is 0 Å². The summed E-state index contributed by atoms with van der Waals surface area (Å²) in [5.41, 5.74) is 0.905. The van der Waals surface area contributed by atoms with Crippen LogP contribution in [0.15, 0.2) is 36.4 Å². The third kappa shape index (κ3) is 3.91. The highest BCUT2D eigenvalue weighted by molar-refractivity contribution is 5.91. The minimum absolute atomic E-state index is 0.0788. The van der Waals surface area contributed by atoms with Crippen molar-refractivity contribution < 1.29 is 24.2 Å². The molecule has 1 heterocycles.